The van der Waals surface area contributed by atoms with Gasteiger partial charge in [-0.05, 0) is 38.4 Å². The molecule has 1 amide bonds. The molecule has 4 rings (SSSR count). The van der Waals surface area contributed by atoms with Crippen LogP contribution >= 0.6 is 0 Å². The number of aromatic nitrogens is 3. The molecule has 2 aliphatic rings. The molecule has 2 aromatic heterocycles. The first-order chi connectivity index (χ1) is 13.0. The number of rotatable bonds is 4. The van der Waals surface area contributed by atoms with Gasteiger partial charge in [0.05, 0.1) is 12.6 Å². The van der Waals surface area contributed by atoms with Gasteiger partial charge in [0.1, 0.15) is 23.2 Å². The van der Waals surface area contributed by atoms with Crippen molar-refractivity contribution in [2.45, 2.75) is 59.2 Å². The van der Waals surface area contributed by atoms with E-state index in [1.54, 1.807) is 0 Å². The summed E-state index contributed by atoms with van der Waals surface area (Å²) in [5.74, 6) is 4.27. The summed E-state index contributed by atoms with van der Waals surface area (Å²) in [5.41, 5.74) is 0. The first kappa shape index (κ1) is 18.2. The number of aryl methyl sites for hydroxylation is 1. The van der Waals surface area contributed by atoms with Gasteiger partial charge in [0.2, 0.25) is 5.91 Å². The van der Waals surface area contributed by atoms with E-state index >= 15 is 0 Å². The van der Waals surface area contributed by atoms with E-state index in [0.717, 1.165) is 75.2 Å². The minimum atomic E-state index is 0.0371. The third kappa shape index (κ3) is 3.65. The van der Waals surface area contributed by atoms with Crippen molar-refractivity contribution < 1.29 is 9.21 Å². The molecule has 4 heterocycles. The molecular formula is C20H29N5O2. The van der Waals surface area contributed by atoms with Gasteiger partial charge in [-0.25, -0.2) is 0 Å². The summed E-state index contributed by atoms with van der Waals surface area (Å²) in [6.07, 6.45) is 3.02. The van der Waals surface area contributed by atoms with Crippen LogP contribution < -0.4 is 0 Å². The Morgan fingerprint density at radius 2 is 2.07 bits per heavy atom. The molecule has 0 bridgehead atoms. The fourth-order valence-corrected chi connectivity index (χ4v) is 4.26. The zero-order chi connectivity index (χ0) is 19.0. The first-order valence-electron chi connectivity index (χ1n) is 10.0. The van der Waals surface area contributed by atoms with Crippen LogP contribution in [0.4, 0.5) is 0 Å². The maximum Gasteiger partial charge on any atom is 0.225 e. The molecular weight excluding hydrogens is 342 g/mol. The predicted octanol–water partition coefficient (Wildman–Crippen LogP) is 2.56. The third-order valence-electron chi connectivity index (χ3n) is 5.68. The number of likely N-dealkylation sites (tertiary alicyclic amines) is 1. The van der Waals surface area contributed by atoms with Gasteiger partial charge in [0, 0.05) is 32.0 Å². The molecule has 0 N–H and O–H groups in total. The minimum Gasteiger partial charge on any atom is -0.465 e. The highest BCUT2D eigenvalue weighted by Crippen LogP contribution is 2.33. The Morgan fingerprint density at radius 1 is 1.22 bits per heavy atom. The van der Waals surface area contributed by atoms with Crippen LogP contribution in [-0.4, -0.2) is 50.1 Å². The number of fused-ring (bicyclic) bond motifs is 1. The quantitative estimate of drug-likeness (QED) is 0.826. The Balaban J connectivity index is 1.51. The molecule has 7 heteroatoms. The van der Waals surface area contributed by atoms with Crippen LogP contribution in [0.3, 0.4) is 0 Å². The van der Waals surface area contributed by atoms with Crippen LogP contribution in [-0.2, 0) is 24.3 Å². The summed E-state index contributed by atoms with van der Waals surface area (Å²) < 4.78 is 8.03. The lowest BCUT2D eigenvalue weighted by molar-refractivity contribution is -0.134. The average molecular weight is 371 g/mol. The normalized spacial score (nSPS) is 20.9. The van der Waals surface area contributed by atoms with Gasteiger partial charge in [-0.1, -0.05) is 13.8 Å². The van der Waals surface area contributed by atoms with Gasteiger partial charge in [-0.3, -0.25) is 9.69 Å². The number of hydrogen-bond acceptors (Lipinski definition) is 5. The number of nitrogens with zero attached hydrogens (tertiary/aromatic N) is 5. The van der Waals surface area contributed by atoms with Crippen LogP contribution in [0.25, 0.3) is 0 Å². The predicted molar refractivity (Wildman–Crippen MR) is 101 cm³/mol. The summed E-state index contributed by atoms with van der Waals surface area (Å²) in [7, 11) is 0. The molecule has 2 aliphatic heterocycles. The summed E-state index contributed by atoms with van der Waals surface area (Å²) in [4.78, 5) is 16.8. The van der Waals surface area contributed by atoms with Gasteiger partial charge in [0.25, 0.3) is 0 Å². The SMILES string of the molecule is Cc1ccc(CN2CCCC2c2nnc3n2CCN(C(=O)C(C)C)CC3)o1. The first-order valence-corrected chi connectivity index (χ1v) is 10.0. The Kier molecular flexibility index (Phi) is 5.04. The van der Waals surface area contributed by atoms with E-state index in [0.29, 0.717) is 0 Å². The molecule has 1 unspecified atom stereocenters. The molecule has 1 fully saturated rings. The van der Waals surface area contributed by atoms with Crippen LogP contribution in [0.15, 0.2) is 16.5 Å². The second-order valence-corrected chi connectivity index (χ2v) is 8.00. The summed E-state index contributed by atoms with van der Waals surface area (Å²) >= 11 is 0. The van der Waals surface area contributed by atoms with E-state index in [-0.39, 0.29) is 17.9 Å². The van der Waals surface area contributed by atoms with Crippen molar-refractivity contribution >= 4 is 5.91 Å². The fraction of sp³-hybridized carbons (Fsp3) is 0.650. The molecule has 0 spiro atoms. The number of furan rings is 1. The zero-order valence-electron chi connectivity index (χ0n) is 16.5. The lowest BCUT2D eigenvalue weighted by Crippen LogP contribution is -2.36. The standard InChI is InChI=1S/C20H29N5O2/c1-14(2)20(26)23-10-8-18-21-22-19(25(18)12-11-23)17-5-4-9-24(17)13-16-7-6-15(3)27-16/h6-7,14,17H,4-5,8-13H2,1-3H3. The van der Waals surface area contributed by atoms with Crippen molar-refractivity contribution in [2.75, 3.05) is 19.6 Å². The molecule has 1 saturated heterocycles. The van der Waals surface area contributed by atoms with Crippen molar-refractivity contribution in [1.29, 1.82) is 0 Å². The van der Waals surface area contributed by atoms with Gasteiger partial charge >= 0.3 is 0 Å². The molecule has 1 atom stereocenters. The van der Waals surface area contributed by atoms with Crippen molar-refractivity contribution in [2.24, 2.45) is 5.92 Å². The van der Waals surface area contributed by atoms with Gasteiger partial charge in [-0.2, -0.15) is 0 Å². The van der Waals surface area contributed by atoms with Crippen LogP contribution in [0.1, 0.15) is 55.9 Å². The maximum absolute atomic E-state index is 12.4. The summed E-state index contributed by atoms with van der Waals surface area (Å²) in [6.45, 7) is 10.0. The van der Waals surface area contributed by atoms with E-state index in [9.17, 15) is 4.79 Å². The van der Waals surface area contributed by atoms with Crippen molar-refractivity contribution in [1.82, 2.24) is 24.6 Å². The Bertz CT molecular complexity index is 809. The fourth-order valence-electron chi connectivity index (χ4n) is 4.26. The highest BCUT2D eigenvalue weighted by Gasteiger charge is 2.33. The van der Waals surface area contributed by atoms with Crippen molar-refractivity contribution in [3.63, 3.8) is 0 Å². The highest BCUT2D eigenvalue weighted by molar-refractivity contribution is 5.78. The van der Waals surface area contributed by atoms with Crippen molar-refractivity contribution in [3.05, 3.63) is 35.3 Å². The second kappa shape index (κ2) is 7.46. The lowest BCUT2D eigenvalue weighted by Gasteiger charge is -2.24. The Labute approximate surface area is 160 Å². The van der Waals surface area contributed by atoms with Crippen molar-refractivity contribution in [3.8, 4) is 0 Å². The summed E-state index contributed by atoms with van der Waals surface area (Å²) in [6, 6.07) is 4.35. The molecule has 7 nitrogen and oxygen atoms in total. The monoisotopic (exact) mass is 371 g/mol. The summed E-state index contributed by atoms with van der Waals surface area (Å²) in [5, 5.41) is 9.03. The van der Waals surface area contributed by atoms with Gasteiger partial charge in [0.15, 0.2) is 0 Å². The van der Waals surface area contributed by atoms with E-state index in [4.69, 9.17) is 4.42 Å². The molecule has 146 valence electrons. The van der Waals surface area contributed by atoms with Gasteiger partial charge < -0.3 is 13.9 Å². The van der Waals surface area contributed by atoms with E-state index in [2.05, 4.69) is 25.7 Å². The molecule has 0 aliphatic carbocycles. The zero-order valence-corrected chi connectivity index (χ0v) is 16.5. The van der Waals surface area contributed by atoms with E-state index in [1.165, 1.54) is 0 Å². The van der Waals surface area contributed by atoms with Gasteiger partial charge in [-0.15, -0.1) is 10.2 Å². The Hall–Kier alpha value is -2.15. The molecule has 0 radical (unpaired) electrons. The minimum absolute atomic E-state index is 0.0371. The lowest BCUT2D eigenvalue weighted by atomic mass is 10.2. The molecule has 27 heavy (non-hydrogen) atoms. The largest absolute Gasteiger partial charge is 0.465 e. The number of carbonyl (C=O) groups is 1. The van der Waals surface area contributed by atoms with E-state index in [1.807, 2.05) is 31.7 Å². The van der Waals surface area contributed by atoms with Crippen LogP contribution in [0.5, 0.6) is 0 Å². The topological polar surface area (TPSA) is 67.4 Å². The van der Waals surface area contributed by atoms with Crippen LogP contribution in [0, 0.1) is 12.8 Å². The number of carbonyl (C=O) groups excluding carboxylic acids is 1. The smallest absolute Gasteiger partial charge is 0.225 e. The van der Waals surface area contributed by atoms with Crippen LogP contribution in [0.2, 0.25) is 0 Å². The molecule has 2 aromatic rings. The Morgan fingerprint density at radius 3 is 2.81 bits per heavy atom. The second-order valence-electron chi connectivity index (χ2n) is 8.00. The molecule has 0 saturated carbocycles. The highest BCUT2D eigenvalue weighted by atomic mass is 16.3. The van der Waals surface area contributed by atoms with E-state index < -0.39 is 0 Å². The average Bonchev–Trinajstić information content (AvgIpc) is 3.32. The molecule has 0 aromatic carbocycles. The number of hydrogen-bond donors (Lipinski definition) is 0. The maximum atomic E-state index is 12.4. The number of amides is 1. The third-order valence-corrected chi connectivity index (χ3v) is 5.68.